The average Bonchev–Trinajstić information content (AvgIpc) is 2.54. The van der Waals surface area contributed by atoms with Gasteiger partial charge in [0.25, 0.3) is 0 Å². The van der Waals surface area contributed by atoms with Gasteiger partial charge in [-0.1, -0.05) is 42.2 Å². The van der Waals surface area contributed by atoms with Crippen LogP contribution in [0.4, 0.5) is 0 Å². The van der Waals surface area contributed by atoms with E-state index in [0.29, 0.717) is 6.04 Å². The standard InChI is InChI=1S/C17H28N2/c1-13-9-14(2)11-16(10-13)17(18)12-19-8-6-4-5-7-15(19)3/h9-11,15,17H,4-8,12,18H2,1-3H3. The zero-order valence-corrected chi connectivity index (χ0v) is 12.7. The minimum atomic E-state index is 0.138. The Morgan fingerprint density at radius 3 is 2.53 bits per heavy atom. The first-order valence-electron chi connectivity index (χ1n) is 7.64. The molecule has 1 fully saturated rings. The molecule has 0 bridgehead atoms. The molecule has 2 nitrogen and oxygen atoms in total. The maximum atomic E-state index is 6.44. The number of likely N-dealkylation sites (tertiary alicyclic amines) is 1. The van der Waals surface area contributed by atoms with Gasteiger partial charge in [0, 0.05) is 18.6 Å². The molecule has 106 valence electrons. The number of aryl methyl sites for hydroxylation is 2. The van der Waals surface area contributed by atoms with Crippen molar-refractivity contribution in [3.63, 3.8) is 0 Å². The lowest BCUT2D eigenvalue weighted by molar-refractivity contribution is 0.201. The minimum Gasteiger partial charge on any atom is -0.323 e. The van der Waals surface area contributed by atoms with E-state index < -0.39 is 0 Å². The van der Waals surface area contributed by atoms with E-state index >= 15 is 0 Å². The van der Waals surface area contributed by atoms with E-state index in [9.17, 15) is 0 Å². The summed E-state index contributed by atoms with van der Waals surface area (Å²) in [5.41, 5.74) is 10.3. The summed E-state index contributed by atoms with van der Waals surface area (Å²) in [5, 5.41) is 0. The van der Waals surface area contributed by atoms with Crippen LogP contribution in [0.2, 0.25) is 0 Å². The maximum Gasteiger partial charge on any atom is 0.0424 e. The second-order valence-corrected chi connectivity index (χ2v) is 6.22. The number of hydrogen-bond acceptors (Lipinski definition) is 2. The highest BCUT2D eigenvalue weighted by atomic mass is 15.2. The van der Waals surface area contributed by atoms with E-state index in [0.717, 1.165) is 6.54 Å². The highest BCUT2D eigenvalue weighted by molar-refractivity contribution is 5.30. The van der Waals surface area contributed by atoms with Crippen LogP contribution in [0.3, 0.4) is 0 Å². The fourth-order valence-corrected chi connectivity index (χ4v) is 3.19. The lowest BCUT2D eigenvalue weighted by atomic mass is 10.0. The van der Waals surface area contributed by atoms with Gasteiger partial charge in [-0.25, -0.2) is 0 Å². The third kappa shape index (κ3) is 4.05. The Balaban J connectivity index is 2.04. The largest absolute Gasteiger partial charge is 0.323 e. The molecule has 1 aromatic carbocycles. The number of nitrogens with two attached hydrogens (primary N) is 1. The molecule has 1 saturated heterocycles. The fourth-order valence-electron chi connectivity index (χ4n) is 3.19. The van der Waals surface area contributed by atoms with E-state index in [1.54, 1.807) is 0 Å². The van der Waals surface area contributed by atoms with E-state index in [1.807, 2.05) is 0 Å². The summed E-state index contributed by atoms with van der Waals surface area (Å²) < 4.78 is 0. The predicted octanol–water partition coefficient (Wildman–Crippen LogP) is 3.57. The minimum absolute atomic E-state index is 0.138. The van der Waals surface area contributed by atoms with E-state index in [-0.39, 0.29) is 6.04 Å². The Hall–Kier alpha value is -0.860. The van der Waals surface area contributed by atoms with E-state index in [1.165, 1.54) is 48.9 Å². The average molecular weight is 260 g/mol. The molecule has 0 aromatic heterocycles. The van der Waals surface area contributed by atoms with Crippen molar-refractivity contribution in [2.24, 2.45) is 5.73 Å². The zero-order valence-electron chi connectivity index (χ0n) is 12.7. The lowest BCUT2D eigenvalue weighted by Crippen LogP contribution is -2.38. The van der Waals surface area contributed by atoms with Gasteiger partial charge >= 0.3 is 0 Å². The van der Waals surface area contributed by atoms with Crippen LogP contribution in [0.15, 0.2) is 18.2 Å². The third-order valence-electron chi connectivity index (χ3n) is 4.29. The molecular weight excluding hydrogens is 232 g/mol. The van der Waals surface area contributed by atoms with Gasteiger partial charge in [0.2, 0.25) is 0 Å². The molecule has 19 heavy (non-hydrogen) atoms. The van der Waals surface area contributed by atoms with Gasteiger partial charge in [0.05, 0.1) is 0 Å². The number of nitrogens with zero attached hydrogens (tertiary/aromatic N) is 1. The second-order valence-electron chi connectivity index (χ2n) is 6.22. The van der Waals surface area contributed by atoms with Gasteiger partial charge in [0.15, 0.2) is 0 Å². The molecule has 2 heteroatoms. The first-order chi connectivity index (χ1) is 9.06. The first-order valence-corrected chi connectivity index (χ1v) is 7.64. The van der Waals surface area contributed by atoms with E-state index in [2.05, 4.69) is 43.9 Å². The van der Waals surface area contributed by atoms with Gasteiger partial charge in [0.1, 0.15) is 0 Å². The Bertz CT molecular complexity index is 393. The van der Waals surface area contributed by atoms with Crippen molar-refractivity contribution in [2.45, 2.75) is 58.5 Å². The quantitative estimate of drug-likeness (QED) is 0.900. The normalized spacial score (nSPS) is 23.1. The molecule has 1 heterocycles. The molecule has 0 amide bonds. The first kappa shape index (κ1) is 14.5. The van der Waals surface area contributed by atoms with E-state index in [4.69, 9.17) is 5.73 Å². The molecule has 2 unspecified atom stereocenters. The molecular formula is C17H28N2. The van der Waals surface area contributed by atoms with Gasteiger partial charge < -0.3 is 5.73 Å². The number of benzene rings is 1. The van der Waals surface area contributed by atoms with Crippen molar-refractivity contribution in [1.82, 2.24) is 4.90 Å². The number of rotatable bonds is 3. The zero-order chi connectivity index (χ0) is 13.8. The summed E-state index contributed by atoms with van der Waals surface area (Å²) in [6.07, 6.45) is 5.39. The van der Waals surface area contributed by atoms with Crippen LogP contribution in [0, 0.1) is 13.8 Å². The van der Waals surface area contributed by atoms with Crippen molar-refractivity contribution in [3.05, 3.63) is 34.9 Å². The molecule has 2 atom stereocenters. The summed E-state index contributed by atoms with van der Waals surface area (Å²) in [7, 11) is 0. The third-order valence-corrected chi connectivity index (χ3v) is 4.29. The van der Waals surface area contributed by atoms with Crippen LogP contribution in [0.1, 0.15) is 55.3 Å². The Kier molecular flexibility index (Phi) is 5.00. The fraction of sp³-hybridized carbons (Fsp3) is 0.647. The SMILES string of the molecule is Cc1cc(C)cc(C(N)CN2CCCCCC2C)c1. The van der Waals surface area contributed by atoms with Crippen LogP contribution in [-0.4, -0.2) is 24.0 Å². The summed E-state index contributed by atoms with van der Waals surface area (Å²) >= 11 is 0. The van der Waals surface area contributed by atoms with Gasteiger partial charge in [-0.05, 0) is 45.7 Å². The Labute approximate surface area is 118 Å². The lowest BCUT2D eigenvalue weighted by Gasteiger charge is -2.30. The highest BCUT2D eigenvalue weighted by Crippen LogP contribution is 2.21. The van der Waals surface area contributed by atoms with Crippen molar-refractivity contribution in [3.8, 4) is 0 Å². The van der Waals surface area contributed by atoms with Crippen LogP contribution in [-0.2, 0) is 0 Å². The summed E-state index contributed by atoms with van der Waals surface area (Å²) in [4.78, 5) is 2.58. The molecule has 0 radical (unpaired) electrons. The van der Waals surface area contributed by atoms with Crippen LogP contribution in [0.5, 0.6) is 0 Å². The van der Waals surface area contributed by atoms with Crippen molar-refractivity contribution in [2.75, 3.05) is 13.1 Å². The molecule has 1 aliphatic rings. The van der Waals surface area contributed by atoms with Gasteiger partial charge in [-0.3, -0.25) is 4.90 Å². The molecule has 2 N–H and O–H groups in total. The topological polar surface area (TPSA) is 29.3 Å². The van der Waals surface area contributed by atoms with Crippen LogP contribution < -0.4 is 5.73 Å². The summed E-state index contributed by atoms with van der Waals surface area (Å²) in [6, 6.07) is 7.50. The molecule has 0 saturated carbocycles. The summed E-state index contributed by atoms with van der Waals surface area (Å²) in [5.74, 6) is 0. The molecule has 0 spiro atoms. The Morgan fingerprint density at radius 1 is 1.16 bits per heavy atom. The smallest absolute Gasteiger partial charge is 0.0424 e. The number of hydrogen-bond donors (Lipinski definition) is 1. The molecule has 1 aliphatic heterocycles. The van der Waals surface area contributed by atoms with Gasteiger partial charge in [-0.2, -0.15) is 0 Å². The molecule has 1 aromatic rings. The maximum absolute atomic E-state index is 6.44. The second kappa shape index (κ2) is 6.53. The van der Waals surface area contributed by atoms with Crippen molar-refractivity contribution >= 4 is 0 Å². The van der Waals surface area contributed by atoms with Crippen LogP contribution in [0.25, 0.3) is 0 Å². The van der Waals surface area contributed by atoms with Crippen LogP contribution >= 0.6 is 0 Å². The molecule has 2 rings (SSSR count). The predicted molar refractivity (Wildman–Crippen MR) is 82.3 cm³/mol. The summed E-state index contributed by atoms with van der Waals surface area (Å²) in [6.45, 7) is 8.85. The molecule has 0 aliphatic carbocycles. The van der Waals surface area contributed by atoms with Gasteiger partial charge in [-0.15, -0.1) is 0 Å². The highest BCUT2D eigenvalue weighted by Gasteiger charge is 2.19. The van der Waals surface area contributed by atoms with Crippen molar-refractivity contribution < 1.29 is 0 Å². The van der Waals surface area contributed by atoms with Crippen molar-refractivity contribution in [1.29, 1.82) is 0 Å². The Morgan fingerprint density at radius 2 is 1.84 bits per heavy atom. The monoisotopic (exact) mass is 260 g/mol.